The summed E-state index contributed by atoms with van der Waals surface area (Å²) in [5.41, 5.74) is 8.63. The Balaban J connectivity index is -0.000000431. The van der Waals surface area contributed by atoms with Gasteiger partial charge in [-0.25, -0.2) is 0 Å². The molecule has 0 saturated carbocycles. The monoisotopic (exact) mass is 386 g/mol. The van der Waals surface area contributed by atoms with Crippen LogP contribution < -0.4 is 5.73 Å². The van der Waals surface area contributed by atoms with E-state index in [2.05, 4.69) is 0 Å². The maximum absolute atomic E-state index is 10.0. The number of Topliss-reactive ketones (excluding diaryl/α,β-unsaturated/α-hetero) is 2. The Morgan fingerprint density at radius 1 is 1.00 bits per heavy atom. The molecule has 0 unspecified atom stereocenters. The Morgan fingerprint density at radius 2 is 1.50 bits per heavy atom. The van der Waals surface area contributed by atoms with E-state index in [4.69, 9.17) is 11.1 Å². The summed E-state index contributed by atoms with van der Waals surface area (Å²) in [4.78, 5) is 19.5. The third kappa shape index (κ3) is 28.1. The van der Waals surface area contributed by atoms with E-state index in [-0.39, 0.29) is 11.6 Å². The lowest BCUT2D eigenvalue weighted by atomic mass is 10.1. The van der Waals surface area contributed by atoms with Gasteiger partial charge < -0.3 is 20.7 Å². The van der Waals surface area contributed by atoms with Gasteiger partial charge in [0.25, 0.3) is 0 Å². The number of hydrogen-bond acceptors (Lipinski definition) is 4. The molecule has 0 fully saturated rings. The fourth-order valence-electron chi connectivity index (χ4n) is 1.51. The van der Waals surface area contributed by atoms with E-state index in [9.17, 15) is 9.59 Å². The average Bonchev–Trinajstić information content (AvgIpc) is 2.63. The summed E-state index contributed by atoms with van der Waals surface area (Å²) in [6.45, 7) is 12.7. The first-order valence-corrected chi connectivity index (χ1v) is 9.57. The van der Waals surface area contributed by atoms with Crippen LogP contribution in [0.15, 0.2) is 54.1 Å². The minimum Gasteiger partial charge on any atom is -0.399 e. The average molecular weight is 387 g/mol. The van der Waals surface area contributed by atoms with Gasteiger partial charge in [-0.2, -0.15) is 0 Å². The molecule has 0 aliphatic rings. The van der Waals surface area contributed by atoms with Gasteiger partial charge in [-0.05, 0) is 57.9 Å². The zero-order valence-electron chi connectivity index (χ0n) is 18.6. The summed E-state index contributed by atoms with van der Waals surface area (Å²) in [7, 11) is 0. The summed E-state index contributed by atoms with van der Waals surface area (Å²) in [5.74, 6) is 0.456. The van der Waals surface area contributed by atoms with Crippen LogP contribution in [0.2, 0.25) is 0 Å². The van der Waals surface area contributed by atoms with Crippen molar-refractivity contribution in [2.75, 3.05) is 5.73 Å². The zero-order valence-corrected chi connectivity index (χ0v) is 18.6. The number of nitrogens with one attached hydrogen (secondary N) is 1. The quantitative estimate of drug-likeness (QED) is 0.335. The second kappa shape index (κ2) is 22.3. The molecule has 3 N–H and O–H groups in total. The number of benzene rings is 1. The molecule has 0 spiro atoms. The lowest BCUT2D eigenvalue weighted by molar-refractivity contribution is -0.117. The molecule has 0 bridgehead atoms. The molecule has 0 aromatic heterocycles. The van der Waals surface area contributed by atoms with E-state index in [0.29, 0.717) is 0 Å². The maximum atomic E-state index is 10.0. The summed E-state index contributed by atoms with van der Waals surface area (Å²) in [6.07, 6.45) is 12.5. The molecule has 4 heteroatoms. The summed E-state index contributed by atoms with van der Waals surface area (Å²) >= 11 is 0. The fourth-order valence-corrected chi connectivity index (χ4v) is 1.51. The molecular formula is C24H38N2O2. The first-order chi connectivity index (χ1) is 13.2. The van der Waals surface area contributed by atoms with Crippen LogP contribution in [-0.2, 0) is 9.59 Å². The second-order valence-corrected chi connectivity index (χ2v) is 5.82. The Kier molecular flexibility index (Phi) is 23.9. The minimum atomic E-state index is 0.167. The molecule has 4 nitrogen and oxygen atoms in total. The van der Waals surface area contributed by atoms with Crippen molar-refractivity contribution in [2.45, 2.75) is 61.3 Å². The van der Waals surface area contributed by atoms with Crippen LogP contribution in [0, 0.1) is 5.41 Å². The van der Waals surface area contributed by atoms with Crippen molar-refractivity contribution in [2.24, 2.45) is 0 Å². The standard InChI is InChI=1S/C14H16N2.C5H10O.C3H6O.C2H6/c1-12(4-2-3-11-15)5-6-13-7-9-14(16)10-8-13;1-3-4-5(2)6;1-3(2)4;1-2/h2-11,15H,16H2,1H3;3-4H2,1-2H3;1-2H3;1-2H3/b3-2-,6-5+,12-4+,15-11?;;;. The molecule has 1 aromatic rings. The number of carbonyl (C=O) groups is 2. The van der Waals surface area contributed by atoms with Crippen LogP contribution in [0.5, 0.6) is 0 Å². The van der Waals surface area contributed by atoms with E-state index in [1.54, 1.807) is 13.0 Å². The molecule has 156 valence electrons. The van der Waals surface area contributed by atoms with Crippen LogP contribution in [-0.4, -0.2) is 17.8 Å². The topological polar surface area (TPSA) is 84.0 Å². The summed E-state index contributed by atoms with van der Waals surface area (Å²) in [6, 6.07) is 7.72. The van der Waals surface area contributed by atoms with Gasteiger partial charge in [-0.1, -0.05) is 62.8 Å². The Bertz CT molecular complexity index is 621. The predicted molar refractivity (Wildman–Crippen MR) is 125 cm³/mol. The van der Waals surface area contributed by atoms with Gasteiger partial charge in [0.15, 0.2) is 0 Å². The van der Waals surface area contributed by atoms with Gasteiger partial charge in [0.2, 0.25) is 0 Å². The number of hydrogen-bond donors (Lipinski definition) is 2. The predicted octanol–water partition coefficient (Wildman–Crippen LogP) is 6.43. The highest BCUT2D eigenvalue weighted by atomic mass is 16.1. The van der Waals surface area contributed by atoms with Crippen LogP contribution >= 0.6 is 0 Å². The van der Waals surface area contributed by atoms with Crippen LogP contribution in [0.4, 0.5) is 5.69 Å². The number of nitrogens with two attached hydrogens (primary N) is 1. The molecule has 0 aliphatic heterocycles. The maximum Gasteiger partial charge on any atom is 0.129 e. The number of nitrogen functional groups attached to an aromatic ring is 1. The summed E-state index contributed by atoms with van der Waals surface area (Å²) < 4.78 is 0. The van der Waals surface area contributed by atoms with Crippen LogP contribution in [0.3, 0.4) is 0 Å². The number of carbonyl (C=O) groups excluding carboxylic acids is 2. The Hall–Kier alpha value is -2.75. The van der Waals surface area contributed by atoms with Crippen molar-refractivity contribution in [1.82, 2.24) is 0 Å². The summed E-state index contributed by atoms with van der Waals surface area (Å²) in [5, 5.41) is 6.83. The number of ketones is 2. The van der Waals surface area contributed by atoms with Crippen molar-refractivity contribution >= 4 is 29.5 Å². The zero-order chi connectivity index (χ0) is 22.4. The van der Waals surface area contributed by atoms with Crippen molar-refractivity contribution < 1.29 is 9.59 Å². The first-order valence-electron chi connectivity index (χ1n) is 9.57. The van der Waals surface area contributed by atoms with E-state index >= 15 is 0 Å². The van der Waals surface area contributed by atoms with Gasteiger partial charge in [0, 0.05) is 18.3 Å². The van der Waals surface area contributed by atoms with Crippen molar-refractivity contribution in [1.29, 1.82) is 5.41 Å². The van der Waals surface area contributed by atoms with Gasteiger partial charge in [-0.15, -0.1) is 0 Å². The highest BCUT2D eigenvalue weighted by Gasteiger charge is 1.86. The SMILES string of the molecule is CC.CC(/C=C/c1ccc(N)cc1)=C\C=C/C=N.CC(C)=O.CCCC(C)=O. The van der Waals surface area contributed by atoms with Gasteiger partial charge >= 0.3 is 0 Å². The first kappa shape index (κ1) is 30.0. The molecular weight excluding hydrogens is 348 g/mol. The van der Waals surface area contributed by atoms with Crippen molar-refractivity contribution in [3.63, 3.8) is 0 Å². The lowest BCUT2D eigenvalue weighted by Gasteiger charge is -1.94. The molecule has 0 aliphatic carbocycles. The largest absolute Gasteiger partial charge is 0.399 e. The molecule has 1 rings (SSSR count). The fraction of sp³-hybridized carbons (Fsp3) is 0.375. The van der Waals surface area contributed by atoms with E-state index < -0.39 is 0 Å². The third-order valence-corrected chi connectivity index (χ3v) is 2.64. The highest BCUT2D eigenvalue weighted by molar-refractivity contribution is 5.75. The number of anilines is 1. The number of rotatable bonds is 6. The van der Waals surface area contributed by atoms with Crippen molar-refractivity contribution in [3.05, 3.63) is 59.7 Å². The molecule has 0 atom stereocenters. The molecule has 0 heterocycles. The smallest absolute Gasteiger partial charge is 0.129 e. The van der Waals surface area contributed by atoms with E-state index in [1.165, 1.54) is 20.1 Å². The van der Waals surface area contributed by atoms with Gasteiger partial charge in [0.05, 0.1) is 0 Å². The van der Waals surface area contributed by atoms with Crippen LogP contribution in [0.1, 0.15) is 66.9 Å². The number of allylic oxidation sites excluding steroid dienone is 5. The molecule has 1 aromatic carbocycles. The lowest BCUT2D eigenvalue weighted by Crippen LogP contribution is -1.84. The molecule has 0 radical (unpaired) electrons. The van der Waals surface area contributed by atoms with Gasteiger partial charge in [-0.3, -0.25) is 0 Å². The van der Waals surface area contributed by atoms with Crippen molar-refractivity contribution in [3.8, 4) is 0 Å². The Morgan fingerprint density at radius 3 is 1.86 bits per heavy atom. The highest BCUT2D eigenvalue weighted by Crippen LogP contribution is 2.08. The minimum absolute atomic E-state index is 0.167. The van der Waals surface area contributed by atoms with E-state index in [1.807, 2.05) is 76.3 Å². The molecule has 0 saturated heterocycles. The Labute approximate surface area is 171 Å². The van der Waals surface area contributed by atoms with E-state index in [0.717, 1.165) is 29.7 Å². The second-order valence-electron chi connectivity index (χ2n) is 5.82. The van der Waals surface area contributed by atoms with Gasteiger partial charge in [0.1, 0.15) is 11.6 Å². The third-order valence-electron chi connectivity index (χ3n) is 2.64. The molecule has 0 amide bonds. The van der Waals surface area contributed by atoms with Crippen LogP contribution in [0.25, 0.3) is 6.08 Å². The normalized spacial score (nSPS) is 10.0. The molecule has 28 heavy (non-hydrogen) atoms.